The number of benzene rings is 3. The topological polar surface area (TPSA) is 72.5 Å². The second-order valence-corrected chi connectivity index (χ2v) is 7.75. The van der Waals surface area contributed by atoms with Gasteiger partial charge in [0, 0.05) is 5.69 Å². The third-order valence-electron chi connectivity index (χ3n) is 4.09. The molecule has 3 aromatic rings. The smallest absolute Gasteiger partial charge is 0.337 e. The van der Waals surface area contributed by atoms with E-state index in [1.165, 1.54) is 7.11 Å². The zero-order valence-corrected chi connectivity index (χ0v) is 15.8. The maximum Gasteiger partial charge on any atom is 0.337 e. The van der Waals surface area contributed by atoms with E-state index in [0.717, 1.165) is 16.7 Å². The van der Waals surface area contributed by atoms with Gasteiger partial charge in [-0.15, -0.1) is 0 Å². The quantitative estimate of drug-likeness (QED) is 0.671. The largest absolute Gasteiger partial charge is 0.465 e. The number of sulfonamides is 1. The van der Waals surface area contributed by atoms with Crippen LogP contribution in [0, 0.1) is 6.92 Å². The number of aryl methyl sites for hydroxylation is 1. The van der Waals surface area contributed by atoms with Crippen molar-refractivity contribution in [2.45, 2.75) is 11.8 Å². The van der Waals surface area contributed by atoms with Crippen LogP contribution >= 0.6 is 0 Å². The average Bonchev–Trinajstić information content (AvgIpc) is 2.68. The van der Waals surface area contributed by atoms with E-state index >= 15 is 0 Å². The number of hydrogen-bond donors (Lipinski definition) is 1. The third-order valence-corrected chi connectivity index (χ3v) is 5.48. The number of hydrogen-bond acceptors (Lipinski definition) is 4. The van der Waals surface area contributed by atoms with Crippen LogP contribution in [0.15, 0.2) is 77.7 Å². The van der Waals surface area contributed by atoms with Gasteiger partial charge < -0.3 is 4.74 Å². The number of carbonyl (C=O) groups excluding carboxylic acids is 1. The molecule has 0 atom stereocenters. The molecule has 0 aliphatic heterocycles. The number of esters is 1. The molecule has 0 bridgehead atoms. The Balaban J connectivity index is 1.81. The lowest BCUT2D eigenvalue weighted by Gasteiger charge is -2.10. The molecule has 5 nitrogen and oxygen atoms in total. The van der Waals surface area contributed by atoms with Crippen LogP contribution in [0.1, 0.15) is 15.9 Å². The zero-order valence-electron chi connectivity index (χ0n) is 15.0. The molecule has 27 heavy (non-hydrogen) atoms. The zero-order chi connectivity index (χ0) is 19.4. The van der Waals surface area contributed by atoms with Gasteiger partial charge in [-0.25, -0.2) is 13.2 Å². The van der Waals surface area contributed by atoms with E-state index in [0.29, 0.717) is 11.3 Å². The molecule has 0 aliphatic carbocycles. The minimum Gasteiger partial charge on any atom is -0.465 e. The van der Waals surface area contributed by atoms with Crippen LogP contribution in [-0.4, -0.2) is 21.5 Å². The fraction of sp³-hybridized carbons (Fsp3) is 0.0952. The van der Waals surface area contributed by atoms with Crippen LogP contribution in [0.25, 0.3) is 11.1 Å². The number of carbonyl (C=O) groups is 1. The van der Waals surface area contributed by atoms with E-state index in [-0.39, 0.29) is 4.90 Å². The molecule has 0 amide bonds. The molecule has 1 N–H and O–H groups in total. The minimum absolute atomic E-state index is 0.211. The predicted octanol–water partition coefficient (Wildman–Crippen LogP) is 4.25. The number of nitrogens with one attached hydrogen (secondary N) is 1. The van der Waals surface area contributed by atoms with Gasteiger partial charge in [0.2, 0.25) is 0 Å². The van der Waals surface area contributed by atoms with Crippen molar-refractivity contribution in [2.24, 2.45) is 0 Å². The molecule has 0 aliphatic rings. The summed E-state index contributed by atoms with van der Waals surface area (Å²) in [7, 11) is -2.30. The Bertz CT molecular complexity index is 1060. The monoisotopic (exact) mass is 381 g/mol. The SMILES string of the molecule is COC(=O)c1cccc(-c2ccc(NS(=O)(=O)c3ccc(C)cc3)cc2)c1. The molecular weight excluding hydrogens is 362 g/mol. The molecule has 0 radical (unpaired) electrons. The molecular formula is C21H19NO4S. The second kappa shape index (κ2) is 7.63. The first kappa shape index (κ1) is 18.7. The highest BCUT2D eigenvalue weighted by atomic mass is 32.2. The lowest BCUT2D eigenvalue weighted by Crippen LogP contribution is -2.12. The normalized spacial score (nSPS) is 11.0. The summed E-state index contributed by atoms with van der Waals surface area (Å²) in [5.41, 5.74) is 3.61. The van der Waals surface area contributed by atoms with Crippen molar-refractivity contribution in [3.05, 3.63) is 83.9 Å². The molecule has 3 rings (SSSR count). The van der Waals surface area contributed by atoms with Gasteiger partial charge in [-0.2, -0.15) is 0 Å². The summed E-state index contributed by atoms with van der Waals surface area (Å²) in [6.45, 7) is 1.90. The third kappa shape index (κ3) is 4.35. The van der Waals surface area contributed by atoms with Crippen LogP contribution in [0.5, 0.6) is 0 Å². The summed E-state index contributed by atoms with van der Waals surface area (Å²) in [6.07, 6.45) is 0. The Morgan fingerprint density at radius 2 is 1.56 bits per heavy atom. The molecule has 0 saturated carbocycles. The summed E-state index contributed by atoms with van der Waals surface area (Å²) in [5, 5.41) is 0. The van der Waals surface area contributed by atoms with Crippen molar-refractivity contribution >= 4 is 21.7 Å². The average molecular weight is 381 g/mol. The van der Waals surface area contributed by atoms with Crippen LogP contribution in [0.2, 0.25) is 0 Å². The van der Waals surface area contributed by atoms with Gasteiger partial charge in [0.1, 0.15) is 0 Å². The predicted molar refractivity (Wildman–Crippen MR) is 105 cm³/mol. The fourth-order valence-electron chi connectivity index (χ4n) is 2.61. The molecule has 6 heteroatoms. The summed E-state index contributed by atoms with van der Waals surface area (Å²) in [5.74, 6) is -0.403. The van der Waals surface area contributed by atoms with Gasteiger partial charge in [0.05, 0.1) is 17.6 Å². The van der Waals surface area contributed by atoms with Gasteiger partial charge in [0.15, 0.2) is 0 Å². The van der Waals surface area contributed by atoms with Crippen molar-refractivity contribution in [1.29, 1.82) is 0 Å². The Morgan fingerprint density at radius 3 is 2.19 bits per heavy atom. The van der Waals surface area contributed by atoms with Crippen molar-refractivity contribution < 1.29 is 17.9 Å². The number of anilines is 1. The van der Waals surface area contributed by atoms with Gasteiger partial charge in [0.25, 0.3) is 10.0 Å². The molecule has 3 aromatic carbocycles. The number of methoxy groups -OCH3 is 1. The molecule has 0 saturated heterocycles. The first-order valence-electron chi connectivity index (χ1n) is 8.27. The van der Waals surface area contributed by atoms with Crippen molar-refractivity contribution in [3.8, 4) is 11.1 Å². The summed E-state index contributed by atoms with van der Waals surface area (Å²) < 4.78 is 32.2. The van der Waals surface area contributed by atoms with E-state index in [1.54, 1.807) is 66.7 Å². The Kier molecular flexibility index (Phi) is 5.28. The number of rotatable bonds is 5. The second-order valence-electron chi connectivity index (χ2n) is 6.07. The Hall–Kier alpha value is -3.12. The van der Waals surface area contributed by atoms with Gasteiger partial charge >= 0.3 is 5.97 Å². The van der Waals surface area contributed by atoms with Crippen molar-refractivity contribution in [2.75, 3.05) is 11.8 Å². The molecule has 0 fully saturated rings. The minimum atomic E-state index is -3.64. The molecule has 0 spiro atoms. The molecule has 138 valence electrons. The maximum atomic E-state index is 12.5. The van der Waals surface area contributed by atoms with Gasteiger partial charge in [-0.1, -0.05) is 42.0 Å². The molecule has 0 aromatic heterocycles. The van der Waals surface area contributed by atoms with Gasteiger partial charge in [-0.05, 0) is 54.4 Å². The van der Waals surface area contributed by atoms with Crippen molar-refractivity contribution in [3.63, 3.8) is 0 Å². The number of ether oxygens (including phenoxy) is 1. The van der Waals surface area contributed by atoms with Gasteiger partial charge in [-0.3, -0.25) is 4.72 Å². The van der Waals surface area contributed by atoms with E-state index in [2.05, 4.69) is 4.72 Å². The first-order chi connectivity index (χ1) is 12.9. The van der Waals surface area contributed by atoms with Crippen LogP contribution in [0.3, 0.4) is 0 Å². The summed E-state index contributed by atoms with van der Waals surface area (Å²) in [4.78, 5) is 11.9. The van der Waals surface area contributed by atoms with E-state index in [4.69, 9.17) is 4.74 Å². The highest BCUT2D eigenvalue weighted by molar-refractivity contribution is 7.92. The molecule has 0 unspecified atom stereocenters. The molecule has 0 heterocycles. The van der Waals surface area contributed by atoms with Crippen LogP contribution in [-0.2, 0) is 14.8 Å². The summed E-state index contributed by atoms with van der Waals surface area (Å²) >= 11 is 0. The highest BCUT2D eigenvalue weighted by Gasteiger charge is 2.14. The van der Waals surface area contributed by atoms with E-state index < -0.39 is 16.0 Å². The van der Waals surface area contributed by atoms with Crippen LogP contribution in [0.4, 0.5) is 5.69 Å². The highest BCUT2D eigenvalue weighted by Crippen LogP contribution is 2.24. The van der Waals surface area contributed by atoms with Crippen molar-refractivity contribution in [1.82, 2.24) is 0 Å². The maximum absolute atomic E-state index is 12.5. The van der Waals surface area contributed by atoms with E-state index in [9.17, 15) is 13.2 Å². The fourth-order valence-corrected chi connectivity index (χ4v) is 3.66. The lowest BCUT2D eigenvalue weighted by molar-refractivity contribution is 0.0601. The first-order valence-corrected chi connectivity index (χ1v) is 9.76. The van der Waals surface area contributed by atoms with Crippen LogP contribution < -0.4 is 4.72 Å². The summed E-state index contributed by atoms with van der Waals surface area (Å²) in [6, 6.07) is 20.7. The Morgan fingerprint density at radius 1 is 0.889 bits per heavy atom. The lowest BCUT2D eigenvalue weighted by atomic mass is 10.0. The standard InChI is InChI=1S/C21H19NO4S/c1-15-6-12-20(13-7-15)27(24,25)22-19-10-8-16(9-11-19)17-4-3-5-18(14-17)21(23)26-2/h3-14,22H,1-2H3. The Labute approximate surface area is 158 Å². The van der Waals surface area contributed by atoms with E-state index in [1.807, 2.05) is 13.0 Å².